The van der Waals surface area contributed by atoms with Gasteiger partial charge in [0.15, 0.2) is 41.5 Å². The molecule has 708 valence electrons. The van der Waals surface area contributed by atoms with Gasteiger partial charge in [0, 0.05) is 172 Å². The number of ether oxygens (including phenoxy) is 5. The van der Waals surface area contributed by atoms with Crippen LogP contribution in [0.1, 0.15) is 238 Å². The number of carboxylic acid groups (broad SMARTS) is 2. The second-order valence-corrected chi connectivity index (χ2v) is 40.4. The molecule has 5 N–H and O–H groups in total. The topological polar surface area (TPSA) is 375 Å². The summed E-state index contributed by atoms with van der Waals surface area (Å²) in [6.45, 7) is 11.0. The number of carbonyl (C=O) groups excluding carboxylic acids is 4. The molecule has 135 heavy (non-hydrogen) atoms. The molecule has 3 saturated carbocycles. The number of carbonyl (C=O) groups is 6. The third-order valence-electron chi connectivity index (χ3n) is 26.6. The van der Waals surface area contributed by atoms with Crippen molar-refractivity contribution in [3.63, 3.8) is 0 Å². The number of oxazole rings is 2. The largest absolute Gasteiger partial charge is 0.497 e. The fourth-order valence-electron chi connectivity index (χ4n) is 19.9. The number of nitrogens with zero attached hydrogens (tertiary/aromatic N) is 9. The second-order valence-electron chi connectivity index (χ2n) is 36.8. The smallest absolute Gasteiger partial charge is 0.335 e. The Balaban J connectivity index is 0.000000157. The molecule has 34 heteroatoms. The molecule has 5 fully saturated rings. The van der Waals surface area contributed by atoms with Crippen LogP contribution in [0.4, 0.5) is 0 Å². The first kappa shape index (κ1) is 98.3. The number of hydrogen-bond acceptors (Lipinski definition) is 19. The van der Waals surface area contributed by atoms with Crippen LogP contribution in [0.5, 0.6) is 17.2 Å². The van der Waals surface area contributed by atoms with Gasteiger partial charge in [-0.2, -0.15) is 25.4 Å². The molecular formula is C101H116BN11O19S2U. The number of morpholine rings is 2. The molecule has 3 aliphatic carbocycles. The number of benzene rings is 6. The molecular weight excluding hydrogens is 1980 g/mol. The number of ketones is 1. The number of carboxylic acids is 2. The van der Waals surface area contributed by atoms with Gasteiger partial charge in [0.25, 0.3) is 27.9 Å². The van der Waals surface area contributed by atoms with Gasteiger partial charge in [0.2, 0.25) is 0 Å². The number of nitrogens with two attached hydrogens (primary N) is 1. The maximum Gasteiger partial charge on any atom is 0.335 e. The molecule has 5 aliphatic heterocycles. The van der Waals surface area contributed by atoms with E-state index in [4.69, 9.17) is 33.9 Å². The molecule has 8 aliphatic rings. The normalized spacial score (nSPS) is 16.5. The Morgan fingerprint density at radius 1 is 0.496 bits per heavy atom. The van der Waals surface area contributed by atoms with Gasteiger partial charge in [-0.05, 0) is 200 Å². The Hall–Kier alpha value is -11.2. The van der Waals surface area contributed by atoms with E-state index in [0.717, 1.165) is 160 Å². The fraction of sp³-hybridized carbons (Fsp3) is 0.406. The summed E-state index contributed by atoms with van der Waals surface area (Å²) < 4.78 is 101. The number of allylic oxidation sites excluding steroid dienone is 2. The third-order valence-corrected chi connectivity index (χ3v) is 29.0. The minimum Gasteiger partial charge on any atom is -0.497 e. The molecule has 2 saturated heterocycles. The van der Waals surface area contributed by atoms with Crippen LogP contribution in [0, 0.1) is 36.5 Å². The van der Waals surface area contributed by atoms with Crippen LogP contribution in [-0.2, 0) is 54.3 Å². The molecule has 0 atom stereocenters. The number of Topliss-reactive ketones (excluding diaryl/α,β-unsaturated/α-hetero) is 1. The predicted molar refractivity (Wildman–Crippen MR) is 516 cm³/mol. The molecule has 3 amide bonds. The van der Waals surface area contributed by atoms with Crippen molar-refractivity contribution in [2.75, 3.05) is 102 Å². The molecule has 0 spiro atoms. The van der Waals surface area contributed by atoms with Crippen molar-refractivity contribution >= 4 is 126 Å². The first-order chi connectivity index (χ1) is 64.8. The Kier molecular flexibility index (Phi) is 30.7. The predicted octanol–water partition coefficient (Wildman–Crippen LogP) is 16.6. The van der Waals surface area contributed by atoms with Gasteiger partial charge in [0.05, 0.1) is 95.6 Å². The van der Waals surface area contributed by atoms with Gasteiger partial charge in [0.1, 0.15) is 17.2 Å². The van der Waals surface area contributed by atoms with Crippen molar-refractivity contribution in [3.8, 4) is 51.0 Å². The van der Waals surface area contributed by atoms with Gasteiger partial charge < -0.3 is 66.2 Å². The summed E-state index contributed by atoms with van der Waals surface area (Å²) in [5.41, 5.74) is 18.7. The summed E-state index contributed by atoms with van der Waals surface area (Å²) in [7, 11) is 6.72. The fourth-order valence-corrected chi connectivity index (χ4v) is 20.4. The molecule has 6 aromatic carbocycles. The summed E-state index contributed by atoms with van der Waals surface area (Å²) in [4.78, 5) is 90.3. The maximum atomic E-state index is 13.7. The number of rotatable bonds is 18. The van der Waals surface area contributed by atoms with Crippen LogP contribution >= 0.6 is 0 Å². The van der Waals surface area contributed by atoms with Crippen molar-refractivity contribution < 1.29 is 119 Å². The zero-order valence-corrected chi connectivity index (χ0v) is 83.7. The van der Waals surface area contributed by atoms with Gasteiger partial charge >= 0.3 is 22.1 Å². The van der Waals surface area contributed by atoms with Crippen molar-refractivity contribution in [1.29, 1.82) is 1.34 Å². The molecule has 5 aromatic heterocycles. The molecule has 30 nitrogen and oxygen atoms in total. The van der Waals surface area contributed by atoms with E-state index in [-0.39, 0.29) is 83.2 Å². The summed E-state index contributed by atoms with van der Waals surface area (Å²) in [5.74, 6) is 1.08. The third kappa shape index (κ3) is 21.2. The number of aromatic nitrogens is 5. The Morgan fingerprint density at radius 2 is 0.852 bits per heavy atom. The van der Waals surface area contributed by atoms with Crippen LogP contribution in [0.3, 0.4) is 0 Å². The van der Waals surface area contributed by atoms with Crippen LogP contribution in [0.25, 0.3) is 95.9 Å². The Labute approximate surface area is 813 Å². The summed E-state index contributed by atoms with van der Waals surface area (Å²) in [6, 6.07) is 34.9. The zero-order valence-electron chi connectivity index (χ0n) is 78.9. The van der Waals surface area contributed by atoms with E-state index in [2.05, 4.69) is 93.0 Å². The molecule has 19 rings (SSSR count). The number of aromatic carboxylic acids is 1. The molecule has 2 radical (unpaired) electrons. The first-order valence-corrected chi connectivity index (χ1v) is 48.5. The standard InChI is InChI=1S/C35H39N5O7S.C33H33N3O6.C31H35NO4.C2H8N2O2S.BH.U/c1-38(2)48(43,44)37-34(41)23-9-11-28-29(19-23)40-20-25(33-31(36-21-47-33)35(42)39-13-15-46-16-14-39)17-24-18-26(45-3)10-12-27(24)32(40)30(28)22-7-5-4-6-8-22;1-40-24-8-10-25-22(16-24)15-23(31-29(34-19-42-31)32(37)35-11-13-41-14-12-35)18-36-27-17-21(33(38)39)7-9-26(27)28(30(25)36)20-5-3-2-4-6-20;1-31(2,3)17-27(33)20-10-12-25-26(16-20)32-18-22(30(34)35)14-21-15-23(36-4)11-13-24(21)29(32)28(25)19-8-6-5-7-9-19;1-4(2)7(3,5)6;;/h9-12,17-19,21-22H,4-8,13-16,20H2,1-3H3,(H,37,41);7-10,15-17,19-20H,2-6,11-14,18H2,1H3,(H,38,39);10-16,19H,5-9,17-18H2,1-4H3,(H,34,35);1-2H3,(H2,3,5,6);1H;/i;;;;1D;. The van der Waals surface area contributed by atoms with Gasteiger partial charge in [-0.15, -0.1) is 0 Å². The average molecular weight is 2100 g/mol. The molecule has 0 bridgehead atoms. The molecule has 0 unspecified atom stereocenters. The van der Waals surface area contributed by atoms with Crippen LogP contribution in [0.2, 0.25) is 0 Å². The minimum atomic E-state index is -4.00. The summed E-state index contributed by atoms with van der Waals surface area (Å²) >= 11 is 0. The quantitative estimate of drug-likeness (QED) is 0.0458. The number of methoxy groups -OCH3 is 3. The Bertz CT molecular complexity index is 6710. The maximum absolute atomic E-state index is 13.7. The van der Waals surface area contributed by atoms with Gasteiger partial charge in [-0.1, -0.05) is 103 Å². The van der Waals surface area contributed by atoms with Crippen molar-refractivity contribution in [2.45, 2.75) is 161 Å². The van der Waals surface area contributed by atoms with Crippen LogP contribution < -0.4 is 24.1 Å². The number of aliphatic carboxylic acids is 1. The number of nitrogens with one attached hydrogen (secondary N) is 1. The van der Waals surface area contributed by atoms with E-state index in [9.17, 15) is 55.8 Å². The summed E-state index contributed by atoms with van der Waals surface area (Å²) in [5, 5.41) is 27.8. The average Bonchev–Trinajstić information content (AvgIpc) is 1.58. The zero-order chi connectivity index (χ0) is 96.1. The number of hydrogen-bond donors (Lipinski definition) is 4. The minimum absolute atomic E-state index is 0. The first-order valence-electron chi connectivity index (χ1n) is 46.1. The van der Waals surface area contributed by atoms with E-state index in [0.29, 0.717) is 124 Å². The second kappa shape index (κ2) is 42.2. The van der Waals surface area contributed by atoms with Crippen molar-refractivity contribution in [1.82, 2.24) is 46.8 Å². The number of fused-ring (bicyclic) bond motifs is 15. The van der Waals surface area contributed by atoms with Crippen LogP contribution in [0.15, 0.2) is 136 Å². The van der Waals surface area contributed by atoms with Gasteiger partial charge in [-0.25, -0.2) is 29.4 Å². The number of amides is 3. The summed E-state index contributed by atoms with van der Waals surface area (Å²) in [6.07, 6.45) is 26.2. The molecule has 11 aromatic rings. The van der Waals surface area contributed by atoms with Gasteiger partial charge in [-0.3, -0.25) is 19.2 Å². The van der Waals surface area contributed by atoms with E-state index in [1.807, 2.05) is 66.7 Å². The van der Waals surface area contributed by atoms with E-state index in [1.54, 1.807) is 61.5 Å². The Morgan fingerprint density at radius 3 is 1.21 bits per heavy atom. The SMILES string of the molecule is CN(C)S(N)(=O)=O.COc1ccc2c(c1)C=C(C(=O)O)Cn1c-2c(C2CCCCC2)c2ccc(C(=O)CC(C)(C)C)cc21.COc1ccc2c(c1)C=C(c1ocnc1C(=O)N1CCOCC1)Cn1c-2c(C2CCCCC2)c2ccc(C(=O)NS(=O)(=O)N(C)C)cc21.COc1ccc2c(c1)C=C(c1ocnc1C(=O)N1CCOCC1)Cn1c-2c(C2CCCCC2)c2ccc(C(=O)O)cc21.[2H][B].[U]. The van der Waals surface area contributed by atoms with E-state index < -0.39 is 38.3 Å². The van der Waals surface area contributed by atoms with E-state index in [1.165, 1.54) is 103 Å². The van der Waals surface area contributed by atoms with E-state index >= 15 is 0 Å². The van der Waals surface area contributed by atoms with Crippen LogP contribution in [-0.4, -0.2) is 216 Å². The monoisotopic (exact) mass is 2100 g/mol. The van der Waals surface area contributed by atoms with Crippen molar-refractivity contribution in [2.24, 2.45) is 10.6 Å². The van der Waals surface area contributed by atoms with Crippen molar-refractivity contribution in [3.05, 3.63) is 201 Å². The molecule has 10 heterocycles.